The summed E-state index contributed by atoms with van der Waals surface area (Å²) in [6.07, 6.45) is -1.67. The van der Waals surface area contributed by atoms with Gasteiger partial charge in [0.1, 0.15) is 12.2 Å². The summed E-state index contributed by atoms with van der Waals surface area (Å²) < 4.78 is 22.8. The first-order valence-corrected chi connectivity index (χ1v) is 7.78. The van der Waals surface area contributed by atoms with Crippen LogP contribution in [0.5, 0.6) is 0 Å². The van der Waals surface area contributed by atoms with Crippen LogP contribution >= 0.6 is 0 Å². The van der Waals surface area contributed by atoms with Crippen molar-refractivity contribution < 1.29 is 23.7 Å². The molecular formula is C18H22O5. The van der Waals surface area contributed by atoms with E-state index in [1.54, 1.807) is 7.11 Å². The van der Waals surface area contributed by atoms with E-state index >= 15 is 0 Å². The topological polar surface area (TPSA) is 54.0 Å². The Morgan fingerprint density at radius 3 is 2.70 bits per heavy atom. The lowest BCUT2D eigenvalue weighted by molar-refractivity contribution is -0.308. The van der Waals surface area contributed by atoms with E-state index in [9.17, 15) is 4.79 Å². The highest BCUT2D eigenvalue weighted by Crippen LogP contribution is 2.36. The van der Waals surface area contributed by atoms with Gasteiger partial charge in [0.2, 0.25) is 0 Å². The van der Waals surface area contributed by atoms with Gasteiger partial charge in [0, 0.05) is 12.7 Å². The van der Waals surface area contributed by atoms with Crippen molar-refractivity contribution in [2.45, 2.75) is 38.1 Å². The third-order valence-electron chi connectivity index (χ3n) is 4.18. The number of hydrogen-bond acceptors (Lipinski definition) is 5. The highest BCUT2D eigenvalue weighted by molar-refractivity contribution is 5.87. The fraction of sp³-hybridized carbons (Fsp3) is 0.500. The minimum absolute atomic E-state index is 0.000307. The number of Topliss-reactive ketones (excluding diaryl/α,β-unsaturated/α-hetero) is 1. The number of fused-ring (bicyclic) bond motifs is 1. The third-order valence-corrected chi connectivity index (χ3v) is 4.18. The molecule has 0 bridgehead atoms. The SMILES string of the molecule is C=C(C)C[C@@H]1C(=O)[C@@H]2O[C@H](c3ccccc3)OC[C@H]2O[C@@H]1OC. The summed E-state index contributed by atoms with van der Waals surface area (Å²) in [6.45, 7) is 6.08. The van der Waals surface area contributed by atoms with Crippen LogP contribution < -0.4 is 0 Å². The molecule has 1 aromatic carbocycles. The second-order valence-electron chi connectivity index (χ2n) is 6.08. The summed E-state index contributed by atoms with van der Waals surface area (Å²) in [6, 6.07) is 9.59. The van der Waals surface area contributed by atoms with E-state index in [-0.39, 0.29) is 5.78 Å². The first kappa shape index (κ1) is 16.3. The van der Waals surface area contributed by atoms with Crippen LogP contribution in [0.25, 0.3) is 0 Å². The van der Waals surface area contributed by atoms with Gasteiger partial charge in [0.15, 0.2) is 18.4 Å². The Labute approximate surface area is 136 Å². The zero-order chi connectivity index (χ0) is 16.4. The normalized spacial score (nSPS) is 34.0. The van der Waals surface area contributed by atoms with Crippen molar-refractivity contribution in [3.05, 3.63) is 48.0 Å². The maximum atomic E-state index is 12.9. The van der Waals surface area contributed by atoms with Crippen molar-refractivity contribution in [2.24, 2.45) is 5.92 Å². The standard InChI is InChI=1S/C18H22O5/c1-11(2)9-13-15(19)16-14(22-18(13)20-3)10-21-17(23-16)12-7-5-4-6-8-12/h4-8,13-14,16-18H,1,9-10H2,2-3H3/t13-,14-,16-,17-,18+/m1/s1. The maximum Gasteiger partial charge on any atom is 0.184 e. The van der Waals surface area contributed by atoms with Gasteiger partial charge in [0.25, 0.3) is 0 Å². The molecule has 2 aliphatic heterocycles. The molecule has 2 fully saturated rings. The third kappa shape index (κ3) is 3.38. The number of allylic oxidation sites excluding steroid dienone is 1. The lowest BCUT2D eigenvalue weighted by Crippen LogP contribution is -2.57. The summed E-state index contributed by atoms with van der Waals surface area (Å²) in [5.41, 5.74) is 1.81. The summed E-state index contributed by atoms with van der Waals surface area (Å²) in [5, 5.41) is 0. The highest BCUT2D eigenvalue weighted by Gasteiger charge is 2.49. The van der Waals surface area contributed by atoms with Gasteiger partial charge in [-0.1, -0.05) is 35.9 Å². The Balaban J connectivity index is 1.77. The van der Waals surface area contributed by atoms with Gasteiger partial charge in [0.05, 0.1) is 12.5 Å². The molecule has 2 saturated heterocycles. The number of carbonyl (C=O) groups excluding carboxylic acids is 1. The molecule has 2 aliphatic rings. The van der Waals surface area contributed by atoms with E-state index in [0.29, 0.717) is 13.0 Å². The van der Waals surface area contributed by atoms with Gasteiger partial charge >= 0.3 is 0 Å². The molecule has 5 heteroatoms. The van der Waals surface area contributed by atoms with Crippen molar-refractivity contribution in [2.75, 3.05) is 13.7 Å². The van der Waals surface area contributed by atoms with Crippen LogP contribution in [0.3, 0.4) is 0 Å². The second kappa shape index (κ2) is 6.93. The fourth-order valence-electron chi connectivity index (χ4n) is 3.08. The molecule has 0 unspecified atom stereocenters. The Morgan fingerprint density at radius 2 is 2.04 bits per heavy atom. The van der Waals surface area contributed by atoms with Crippen molar-refractivity contribution in [3.63, 3.8) is 0 Å². The van der Waals surface area contributed by atoms with Crippen LogP contribution in [0.2, 0.25) is 0 Å². The van der Waals surface area contributed by atoms with Crippen molar-refractivity contribution >= 4 is 5.78 Å². The van der Waals surface area contributed by atoms with Gasteiger partial charge in [-0.05, 0) is 13.3 Å². The number of hydrogen-bond donors (Lipinski definition) is 0. The number of ketones is 1. The summed E-state index contributed by atoms with van der Waals surface area (Å²) in [4.78, 5) is 12.9. The molecular weight excluding hydrogens is 296 g/mol. The summed E-state index contributed by atoms with van der Waals surface area (Å²) >= 11 is 0. The number of ether oxygens (including phenoxy) is 4. The van der Waals surface area contributed by atoms with Gasteiger partial charge in [-0.25, -0.2) is 0 Å². The van der Waals surface area contributed by atoms with E-state index in [2.05, 4.69) is 6.58 Å². The number of rotatable bonds is 4. The minimum Gasteiger partial charge on any atom is -0.355 e. The monoisotopic (exact) mass is 318 g/mol. The molecule has 1 aromatic rings. The molecule has 0 aliphatic carbocycles. The Bertz CT molecular complexity index is 570. The molecule has 124 valence electrons. The molecule has 0 radical (unpaired) electrons. The molecule has 0 N–H and O–H groups in total. The lowest BCUT2D eigenvalue weighted by atomic mass is 9.87. The fourth-order valence-corrected chi connectivity index (χ4v) is 3.08. The molecule has 2 heterocycles. The van der Waals surface area contributed by atoms with Gasteiger partial charge in [-0.2, -0.15) is 0 Å². The van der Waals surface area contributed by atoms with E-state index in [1.807, 2.05) is 37.3 Å². The predicted molar refractivity (Wildman–Crippen MR) is 83.6 cm³/mol. The van der Waals surface area contributed by atoms with E-state index < -0.39 is 30.7 Å². The predicted octanol–water partition coefficient (Wildman–Crippen LogP) is 2.62. The maximum absolute atomic E-state index is 12.9. The molecule has 5 nitrogen and oxygen atoms in total. The van der Waals surface area contributed by atoms with Crippen LogP contribution in [0.15, 0.2) is 42.5 Å². The first-order valence-electron chi connectivity index (χ1n) is 7.78. The van der Waals surface area contributed by atoms with Crippen molar-refractivity contribution in [1.82, 2.24) is 0 Å². The Kier molecular flexibility index (Phi) is 4.92. The average molecular weight is 318 g/mol. The van der Waals surface area contributed by atoms with Crippen molar-refractivity contribution in [3.8, 4) is 0 Å². The smallest absolute Gasteiger partial charge is 0.184 e. The number of benzene rings is 1. The van der Waals surface area contributed by atoms with E-state index in [1.165, 1.54) is 0 Å². The molecule has 0 spiro atoms. The molecule has 0 aromatic heterocycles. The quantitative estimate of drug-likeness (QED) is 0.799. The zero-order valence-electron chi connectivity index (χ0n) is 13.4. The summed E-state index contributed by atoms with van der Waals surface area (Å²) in [5.74, 6) is -0.395. The van der Waals surface area contributed by atoms with Crippen LogP contribution in [0.1, 0.15) is 25.2 Å². The molecule has 23 heavy (non-hydrogen) atoms. The Morgan fingerprint density at radius 1 is 1.30 bits per heavy atom. The van der Waals surface area contributed by atoms with E-state index in [4.69, 9.17) is 18.9 Å². The minimum atomic E-state index is -0.635. The number of methoxy groups -OCH3 is 1. The lowest BCUT2D eigenvalue weighted by Gasteiger charge is -2.43. The van der Waals surface area contributed by atoms with Gasteiger partial charge < -0.3 is 18.9 Å². The van der Waals surface area contributed by atoms with Gasteiger partial charge in [-0.3, -0.25) is 4.79 Å². The summed E-state index contributed by atoms with van der Waals surface area (Å²) in [7, 11) is 1.54. The molecule has 3 rings (SSSR count). The van der Waals surface area contributed by atoms with Crippen LogP contribution in [-0.2, 0) is 23.7 Å². The largest absolute Gasteiger partial charge is 0.355 e. The molecule has 5 atom stereocenters. The van der Waals surface area contributed by atoms with Gasteiger partial charge in [-0.15, -0.1) is 6.58 Å². The second-order valence-corrected chi connectivity index (χ2v) is 6.08. The first-order chi connectivity index (χ1) is 11.1. The average Bonchev–Trinajstić information content (AvgIpc) is 2.57. The Hall–Kier alpha value is -1.53. The van der Waals surface area contributed by atoms with E-state index in [0.717, 1.165) is 11.1 Å². The van der Waals surface area contributed by atoms with Crippen LogP contribution in [0.4, 0.5) is 0 Å². The molecule has 0 amide bonds. The number of carbonyl (C=O) groups is 1. The highest BCUT2D eigenvalue weighted by atomic mass is 16.7. The zero-order valence-corrected chi connectivity index (χ0v) is 13.4. The molecule has 0 saturated carbocycles. The van der Waals surface area contributed by atoms with Crippen LogP contribution in [0, 0.1) is 5.92 Å². The van der Waals surface area contributed by atoms with Crippen molar-refractivity contribution in [1.29, 1.82) is 0 Å². The van der Waals surface area contributed by atoms with Crippen LogP contribution in [-0.4, -0.2) is 38.0 Å².